The molecule has 0 aliphatic rings. The van der Waals surface area contributed by atoms with Crippen LogP contribution in [0.1, 0.15) is 0 Å². The zero-order valence-corrected chi connectivity index (χ0v) is 8.58. The van der Waals surface area contributed by atoms with Gasteiger partial charge in [0.05, 0.1) is 10.9 Å². The van der Waals surface area contributed by atoms with Crippen LogP contribution in [-0.2, 0) is 0 Å². The summed E-state index contributed by atoms with van der Waals surface area (Å²) in [5.41, 5.74) is 0.943. The molecule has 2 rings (SSSR count). The van der Waals surface area contributed by atoms with Crippen molar-refractivity contribution in [3.8, 4) is 0 Å². The Kier molecular flexibility index (Phi) is 1.87. The van der Waals surface area contributed by atoms with Crippen molar-refractivity contribution in [1.82, 2.24) is 15.2 Å². The van der Waals surface area contributed by atoms with Gasteiger partial charge < -0.3 is 5.32 Å². The minimum atomic E-state index is 0.866. The van der Waals surface area contributed by atoms with Crippen LogP contribution < -0.4 is 5.32 Å². The molecule has 4 nitrogen and oxygen atoms in total. The highest BCUT2D eigenvalue weighted by Gasteiger charge is 2.06. The number of hydrogen-bond acceptors (Lipinski definition) is 3. The summed E-state index contributed by atoms with van der Waals surface area (Å²) in [7, 11) is 1.85. The highest BCUT2D eigenvalue weighted by Crippen LogP contribution is 2.23. The molecule has 5 heteroatoms. The lowest BCUT2D eigenvalue weighted by atomic mass is 10.3. The van der Waals surface area contributed by atoms with Crippen LogP contribution >= 0.6 is 22.6 Å². The Morgan fingerprint density at radius 2 is 2.42 bits per heavy atom. The Morgan fingerprint density at radius 1 is 1.58 bits per heavy atom. The van der Waals surface area contributed by atoms with Crippen LogP contribution in [0.2, 0.25) is 0 Å². The van der Waals surface area contributed by atoms with E-state index in [1.165, 1.54) is 0 Å². The van der Waals surface area contributed by atoms with E-state index in [1.54, 1.807) is 6.20 Å². The number of anilines is 1. The Labute approximate surface area is 82.9 Å². The topological polar surface area (TPSA) is 53.6 Å². The normalized spacial score (nSPS) is 10.5. The first-order valence-electron chi connectivity index (χ1n) is 3.49. The maximum Gasteiger partial charge on any atom is 0.137 e. The van der Waals surface area contributed by atoms with Gasteiger partial charge in [-0.05, 0) is 28.7 Å². The molecule has 0 bridgehead atoms. The quantitative estimate of drug-likeness (QED) is 0.777. The fourth-order valence-electron chi connectivity index (χ4n) is 1.12. The molecule has 0 radical (unpaired) electrons. The van der Waals surface area contributed by atoms with Crippen molar-refractivity contribution in [2.24, 2.45) is 0 Å². The highest BCUT2D eigenvalue weighted by molar-refractivity contribution is 14.1. The van der Waals surface area contributed by atoms with Crippen molar-refractivity contribution in [1.29, 1.82) is 0 Å². The van der Waals surface area contributed by atoms with Gasteiger partial charge in [0.15, 0.2) is 0 Å². The van der Waals surface area contributed by atoms with Crippen LogP contribution in [-0.4, -0.2) is 22.2 Å². The Balaban J connectivity index is 2.84. The van der Waals surface area contributed by atoms with Crippen LogP contribution in [0, 0.1) is 3.70 Å². The second kappa shape index (κ2) is 2.89. The molecule has 2 heterocycles. The molecular formula is C7H7IN4. The number of nitrogens with one attached hydrogen (secondary N) is 2. The average molecular weight is 274 g/mol. The molecule has 0 aliphatic heterocycles. The lowest BCUT2D eigenvalue weighted by Crippen LogP contribution is -1.92. The molecule has 0 unspecified atom stereocenters. The van der Waals surface area contributed by atoms with Gasteiger partial charge in [0.1, 0.15) is 9.52 Å². The molecule has 0 fully saturated rings. The van der Waals surface area contributed by atoms with Gasteiger partial charge in [-0.25, -0.2) is 4.98 Å². The molecule has 2 N–H and O–H groups in total. The van der Waals surface area contributed by atoms with Crippen molar-refractivity contribution in [2.75, 3.05) is 12.4 Å². The standard InChI is InChI=1S/C7H7IN4/c1-9-7-5-4(2-3-10-7)11-12-6(5)8/h2-3H,1H3,(H,9,10)(H,11,12). The van der Waals surface area contributed by atoms with Gasteiger partial charge in [-0.3, -0.25) is 5.10 Å². The number of halogens is 1. The third-order valence-electron chi connectivity index (χ3n) is 1.66. The Morgan fingerprint density at radius 3 is 3.17 bits per heavy atom. The number of aromatic nitrogens is 3. The zero-order chi connectivity index (χ0) is 8.55. The van der Waals surface area contributed by atoms with Crippen molar-refractivity contribution in [2.45, 2.75) is 0 Å². The van der Waals surface area contributed by atoms with Gasteiger partial charge in [0.2, 0.25) is 0 Å². The first-order chi connectivity index (χ1) is 5.83. The predicted octanol–water partition coefficient (Wildman–Crippen LogP) is 1.60. The van der Waals surface area contributed by atoms with E-state index in [0.717, 1.165) is 20.4 Å². The summed E-state index contributed by atoms with van der Waals surface area (Å²) in [5, 5.41) is 11.1. The van der Waals surface area contributed by atoms with E-state index >= 15 is 0 Å². The maximum absolute atomic E-state index is 4.18. The Hall–Kier alpha value is -0.850. The first kappa shape index (κ1) is 7.78. The average Bonchev–Trinajstić information content (AvgIpc) is 2.48. The van der Waals surface area contributed by atoms with E-state index < -0.39 is 0 Å². The predicted molar refractivity (Wildman–Crippen MR) is 56.2 cm³/mol. The molecule has 2 aromatic heterocycles. The molecule has 0 aromatic carbocycles. The molecule has 0 spiro atoms. The maximum atomic E-state index is 4.18. The molecule has 0 saturated heterocycles. The number of H-pyrrole nitrogens is 1. The SMILES string of the molecule is CNc1nccc2n[nH]c(I)c12. The fraction of sp³-hybridized carbons (Fsp3) is 0.143. The number of rotatable bonds is 1. The van der Waals surface area contributed by atoms with Gasteiger partial charge in [-0.15, -0.1) is 0 Å². The summed E-state index contributed by atoms with van der Waals surface area (Å²) < 4.78 is 1.01. The molecule has 0 aliphatic carbocycles. The van der Waals surface area contributed by atoms with E-state index in [2.05, 4.69) is 43.1 Å². The number of aromatic amines is 1. The molecule has 2 aromatic rings. The lowest BCUT2D eigenvalue weighted by Gasteiger charge is -1.98. The minimum absolute atomic E-state index is 0.866. The number of fused-ring (bicyclic) bond motifs is 1. The molecule has 0 amide bonds. The summed E-state index contributed by atoms with van der Waals surface area (Å²) in [6.45, 7) is 0. The van der Waals surface area contributed by atoms with Crippen molar-refractivity contribution < 1.29 is 0 Å². The lowest BCUT2D eigenvalue weighted by molar-refractivity contribution is 1.09. The van der Waals surface area contributed by atoms with Crippen LogP contribution in [0.4, 0.5) is 5.82 Å². The van der Waals surface area contributed by atoms with Gasteiger partial charge >= 0.3 is 0 Å². The fourth-order valence-corrected chi connectivity index (χ4v) is 1.77. The second-order valence-electron chi connectivity index (χ2n) is 2.34. The monoisotopic (exact) mass is 274 g/mol. The summed E-state index contributed by atoms with van der Waals surface area (Å²) in [6, 6.07) is 1.88. The largest absolute Gasteiger partial charge is 0.373 e. The summed E-state index contributed by atoms with van der Waals surface area (Å²) in [6.07, 6.45) is 1.74. The molecule has 62 valence electrons. The minimum Gasteiger partial charge on any atom is -0.373 e. The highest BCUT2D eigenvalue weighted by atomic mass is 127. The summed E-state index contributed by atoms with van der Waals surface area (Å²) in [4.78, 5) is 4.18. The van der Waals surface area contributed by atoms with Crippen LogP contribution in [0.3, 0.4) is 0 Å². The van der Waals surface area contributed by atoms with E-state index in [9.17, 15) is 0 Å². The number of hydrogen-bond donors (Lipinski definition) is 2. The van der Waals surface area contributed by atoms with Crippen molar-refractivity contribution >= 4 is 39.3 Å². The summed E-state index contributed by atoms with van der Waals surface area (Å²) >= 11 is 2.20. The third-order valence-corrected chi connectivity index (χ3v) is 2.44. The van der Waals surface area contributed by atoms with E-state index in [0.29, 0.717) is 0 Å². The number of nitrogens with zero attached hydrogens (tertiary/aromatic N) is 2. The molecule has 12 heavy (non-hydrogen) atoms. The third kappa shape index (κ3) is 1.04. The molecule has 0 saturated carbocycles. The van der Waals surface area contributed by atoms with E-state index in [1.807, 2.05) is 13.1 Å². The number of pyridine rings is 1. The van der Waals surface area contributed by atoms with Crippen LogP contribution in [0.15, 0.2) is 12.3 Å². The van der Waals surface area contributed by atoms with E-state index in [4.69, 9.17) is 0 Å². The molecular weight excluding hydrogens is 267 g/mol. The van der Waals surface area contributed by atoms with Gasteiger partial charge in [-0.2, -0.15) is 5.10 Å². The van der Waals surface area contributed by atoms with Crippen molar-refractivity contribution in [3.05, 3.63) is 16.0 Å². The summed E-state index contributed by atoms with van der Waals surface area (Å²) in [5.74, 6) is 0.866. The smallest absolute Gasteiger partial charge is 0.137 e. The first-order valence-corrected chi connectivity index (χ1v) is 4.57. The molecule has 0 atom stereocenters. The van der Waals surface area contributed by atoms with E-state index in [-0.39, 0.29) is 0 Å². The van der Waals surface area contributed by atoms with Crippen molar-refractivity contribution in [3.63, 3.8) is 0 Å². The van der Waals surface area contributed by atoms with Gasteiger partial charge in [0.25, 0.3) is 0 Å². The van der Waals surface area contributed by atoms with Crippen LogP contribution in [0.25, 0.3) is 10.9 Å². The zero-order valence-electron chi connectivity index (χ0n) is 6.43. The van der Waals surface area contributed by atoms with Crippen LogP contribution in [0.5, 0.6) is 0 Å². The van der Waals surface area contributed by atoms with Gasteiger partial charge in [-0.1, -0.05) is 0 Å². The Bertz CT molecular complexity index is 409. The van der Waals surface area contributed by atoms with Gasteiger partial charge in [0, 0.05) is 13.2 Å². The second-order valence-corrected chi connectivity index (χ2v) is 3.42.